The van der Waals surface area contributed by atoms with E-state index < -0.39 is 17.7 Å². The molecule has 2 rings (SSSR count). The van der Waals surface area contributed by atoms with Crippen LogP contribution in [0.25, 0.3) is 11.1 Å². The van der Waals surface area contributed by atoms with Gasteiger partial charge in [0.1, 0.15) is 11.3 Å². The van der Waals surface area contributed by atoms with E-state index in [1.54, 1.807) is 51.1 Å². The summed E-state index contributed by atoms with van der Waals surface area (Å²) in [6.07, 6.45) is 0.924. The van der Waals surface area contributed by atoms with Crippen molar-refractivity contribution in [3.05, 3.63) is 48.3 Å². The fourth-order valence-corrected chi connectivity index (χ4v) is 1.89. The van der Waals surface area contributed by atoms with E-state index in [2.05, 4.69) is 10.3 Å². The number of aromatic nitrogens is 1. The number of carboxylic acid groups (broad SMARTS) is 1. The van der Waals surface area contributed by atoms with Crippen LogP contribution in [-0.4, -0.2) is 27.8 Å². The van der Waals surface area contributed by atoms with Gasteiger partial charge in [0.15, 0.2) is 0 Å². The molecule has 2 aromatic rings. The predicted octanol–water partition coefficient (Wildman–Crippen LogP) is 3.79. The number of hydrogen-bond acceptors (Lipinski definition) is 4. The third-order valence-corrected chi connectivity index (χ3v) is 2.84. The van der Waals surface area contributed by atoms with Gasteiger partial charge in [0.25, 0.3) is 0 Å². The van der Waals surface area contributed by atoms with Crippen LogP contribution in [-0.2, 0) is 4.74 Å². The fraction of sp³-hybridized carbons (Fsp3) is 0.235. The number of carboxylic acids is 1. The molecule has 120 valence electrons. The highest BCUT2D eigenvalue weighted by Gasteiger charge is 2.16. The zero-order valence-corrected chi connectivity index (χ0v) is 13.2. The zero-order chi connectivity index (χ0) is 17.0. The summed E-state index contributed by atoms with van der Waals surface area (Å²) in [5.74, 6) is -1.07. The van der Waals surface area contributed by atoms with Crippen LogP contribution in [0.3, 0.4) is 0 Å². The molecule has 1 heterocycles. The van der Waals surface area contributed by atoms with Crippen molar-refractivity contribution >= 4 is 17.7 Å². The van der Waals surface area contributed by atoms with Crippen LogP contribution < -0.4 is 5.32 Å². The average Bonchev–Trinajstić information content (AvgIpc) is 2.46. The molecule has 0 radical (unpaired) electrons. The van der Waals surface area contributed by atoms with Gasteiger partial charge < -0.3 is 9.84 Å². The molecule has 1 aromatic heterocycles. The van der Waals surface area contributed by atoms with Crippen LogP contribution in [0.4, 0.5) is 10.5 Å². The Labute approximate surface area is 134 Å². The highest BCUT2D eigenvalue weighted by atomic mass is 16.6. The number of rotatable bonds is 3. The van der Waals surface area contributed by atoms with E-state index in [1.807, 2.05) is 0 Å². The number of nitrogens with zero attached hydrogens (tertiary/aromatic N) is 1. The van der Waals surface area contributed by atoms with Gasteiger partial charge in [0.05, 0.1) is 0 Å². The first kappa shape index (κ1) is 16.5. The Bertz CT molecular complexity index is 718. The lowest BCUT2D eigenvalue weighted by Crippen LogP contribution is -2.27. The van der Waals surface area contributed by atoms with Crippen LogP contribution in [0.15, 0.2) is 42.6 Å². The number of anilines is 1. The first-order valence-corrected chi connectivity index (χ1v) is 7.04. The topological polar surface area (TPSA) is 88.5 Å². The number of pyridine rings is 1. The molecule has 0 saturated carbocycles. The Hall–Kier alpha value is -2.89. The molecule has 0 aliphatic rings. The third kappa shape index (κ3) is 4.81. The Kier molecular flexibility index (Phi) is 4.64. The molecule has 2 N–H and O–H groups in total. The van der Waals surface area contributed by atoms with Crippen LogP contribution in [0, 0.1) is 0 Å². The molecule has 0 aliphatic carbocycles. The Morgan fingerprint density at radius 2 is 1.74 bits per heavy atom. The maximum atomic E-state index is 11.7. The molecule has 1 aromatic carbocycles. The van der Waals surface area contributed by atoms with E-state index in [-0.39, 0.29) is 5.69 Å². The standard InChI is InChI=1S/C17H18N2O4/c1-17(2,3)23-16(22)19-13-6-4-11(5-7-13)12-8-9-18-14(10-12)15(20)21/h4-10H,1-3H3,(H,19,22)(H,20,21). The number of nitrogens with one attached hydrogen (secondary N) is 1. The Morgan fingerprint density at radius 1 is 1.09 bits per heavy atom. The van der Waals surface area contributed by atoms with Gasteiger partial charge >= 0.3 is 12.1 Å². The molecule has 0 saturated heterocycles. The van der Waals surface area contributed by atoms with Crippen molar-refractivity contribution in [3.63, 3.8) is 0 Å². The maximum Gasteiger partial charge on any atom is 0.412 e. The van der Waals surface area contributed by atoms with Gasteiger partial charge in [-0.2, -0.15) is 0 Å². The molecular weight excluding hydrogens is 296 g/mol. The molecule has 6 heteroatoms. The highest BCUT2D eigenvalue weighted by molar-refractivity contribution is 5.87. The molecule has 1 amide bonds. The Morgan fingerprint density at radius 3 is 2.30 bits per heavy atom. The number of amides is 1. The van der Waals surface area contributed by atoms with Gasteiger partial charge in [-0.3, -0.25) is 5.32 Å². The quantitative estimate of drug-likeness (QED) is 0.899. The minimum atomic E-state index is -1.07. The number of carbonyl (C=O) groups is 2. The summed E-state index contributed by atoms with van der Waals surface area (Å²) in [5.41, 5.74) is 1.58. The monoisotopic (exact) mass is 314 g/mol. The minimum Gasteiger partial charge on any atom is -0.477 e. The molecule has 0 bridgehead atoms. The van der Waals surface area contributed by atoms with Gasteiger partial charge in [-0.15, -0.1) is 0 Å². The molecular formula is C17H18N2O4. The molecule has 0 aliphatic heterocycles. The van der Waals surface area contributed by atoms with Crippen LogP contribution >= 0.6 is 0 Å². The molecule has 0 unspecified atom stereocenters. The second-order valence-electron chi connectivity index (χ2n) is 5.94. The molecule has 0 spiro atoms. The summed E-state index contributed by atoms with van der Waals surface area (Å²) >= 11 is 0. The molecule has 6 nitrogen and oxygen atoms in total. The summed E-state index contributed by atoms with van der Waals surface area (Å²) in [4.78, 5) is 26.4. The van der Waals surface area contributed by atoms with Crippen molar-refractivity contribution in [2.24, 2.45) is 0 Å². The predicted molar refractivity (Wildman–Crippen MR) is 86.5 cm³/mol. The summed E-state index contributed by atoms with van der Waals surface area (Å²) in [6, 6.07) is 10.2. The van der Waals surface area contributed by atoms with E-state index >= 15 is 0 Å². The largest absolute Gasteiger partial charge is 0.477 e. The van der Waals surface area contributed by atoms with Crippen molar-refractivity contribution in [2.75, 3.05) is 5.32 Å². The lowest BCUT2D eigenvalue weighted by Gasteiger charge is -2.19. The molecule has 0 fully saturated rings. The van der Waals surface area contributed by atoms with E-state index in [1.165, 1.54) is 12.3 Å². The number of aromatic carboxylic acids is 1. The Balaban J connectivity index is 2.12. The van der Waals surface area contributed by atoms with Crippen LogP contribution in [0.2, 0.25) is 0 Å². The number of carbonyl (C=O) groups excluding carboxylic acids is 1. The lowest BCUT2D eigenvalue weighted by molar-refractivity contribution is 0.0634. The van der Waals surface area contributed by atoms with Crippen LogP contribution in [0.5, 0.6) is 0 Å². The van der Waals surface area contributed by atoms with Gasteiger partial charge in [-0.05, 0) is 56.2 Å². The number of hydrogen-bond donors (Lipinski definition) is 2. The second kappa shape index (κ2) is 6.48. The zero-order valence-electron chi connectivity index (χ0n) is 13.2. The van der Waals surface area contributed by atoms with Crippen molar-refractivity contribution in [1.29, 1.82) is 0 Å². The van der Waals surface area contributed by atoms with Crippen molar-refractivity contribution < 1.29 is 19.4 Å². The summed E-state index contributed by atoms with van der Waals surface area (Å²) < 4.78 is 5.18. The SMILES string of the molecule is CC(C)(C)OC(=O)Nc1ccc(-c2ccnc(C(=O)O)c2)cc1. The van der Waals surface area contributed by atoms with Crippen molar-refractivity contribution in [1.82, 2.24) is 4.98 Å². The summed E-state index contributed by atoms with van der Waals surface area (Å²) in [5, 5.41) is 11.6. The van der Waals surface area contributed by atoms with Gasteiger partial charge in [0.2, 0.25) is 0 Å². The maximum absolute atomic E-state index is 11.7. The van der Waals surface area contributed by atoms with E-state index in [0.717, 1.165) is 11.1 Å². The van der Waals surface area contributed by atoms with Gasteiger partial charge in [-0.25, -0.2) is 14.6 Å². The average molecular weight is 314 g/mol. The van der Waals surface area contributed by atoms with Crippen molar-refractivity contribution in [3.8, 4) is 11.1 Å². The van der Waals surface area contributed by atoms with E-state index in [4.69, 9.17) is 9.84 Å². The summed E-state index contributed by atoms with van der Waals surface area (Å²) in [7, 11) is 0. The lowest BCUT2D eigenvalue weighted by atomic mass is 10.1. The van der Waals surface area contributed by atoms with E-state index in [9.17, 15) is 9.59 Å². The summed E-state index contributed by atoms with van der Waals surface area (Å²) in [6.45, 7) is 5.37. The third-order valence-electron chi connectivity index (χ3n) is 2.84. The first-order chi connectivity index (χ1) is 10.7. The smallest absolute Gasteiger partial charge is 0.412 e. The minimum absolute atomic E-state index is 0.0153. The van der Waals surface area contributed by atoms with Crippen LogP contribution in [0.1, 0.15) is 31.3 Å². The van der Waals surface area contributed by atoms with E-state index in [0.29, 0.717) is 5.69 Å². The number of ether oxygens (including phenoxy) is 1. The number of benzene rings is 1. The molecule has 0 atom stereocenters. The molecule has 23 heavy (non-hydrogen) atoms. The highest BCUT2D eigenvalue weighted by Crippen LogP contribution is 2.22. The van der Waals surface area contributed by atoms with Crippen molar-refractivity contribution in [2.45, 2.75) is 26.4 Å². The fourth-order valence-electron chi connectivity index (χ4n) is 1.89. The van der Waals surface area contributed by atoms with Gasteiger partial charge in [0, 0.05) is 11.9 Å². The normalized spacial score (nSPS) is 10.9. The second-order valence-corrected chi connectivity index (χ2v) is 5.94. The first-order valence-electron chi connectivity index (χ1n) is 7.04. The van der Waals surface area contributed by atoms with Gasteiger partial charge in [-0.1, -0.05) is 12.1 Å².